The third-order valence-corrected chi connectivity index (χ3v) is 5.02. The second kappa shape index (κ2) is 9.44. The molecular formula is C19H21Cl3N2O. The number of halogens is 3. The molecule has 134 valence electrons. The Bertz CT molecular complexity index is 719. The van der Waals surface area contributed by atoms with Crippen LogP contribution in [-0.2, 0) is 11.3 Å². The van der Waals surface area contributed by atoms with E-state index in [-0.39, 0.29) is 11.9 Å². The van der Waals surface area contributed by atoms with Gasteiger partial charge >= 0.3 is 0 Å². The van der Waals surface area contributed by atoms with Crippen LogP contribution >= 0.6 is 35.0 Å². The lowest BCUT2D eigenvalue weighted by Gasteiger charge is -2.21. The van der Waals surface area contributed by atoms with Gasteiger partial charge in [0.25, 0.3) is 5.91 Å². The second-order valence-electron chi connectivity index (χ2n) is 5.81. The van der Waals surface area contributed by atoms with E-state index in [9.17, 15) is 4.79 Å². The van der Waals surface area contributed by atoms with Gasteiger partial charge < -0.3 is 5.32 Å². The van der Waals surface area contributed by atoms with E-state index in [1.807, 2.05) is 43.3 Å². The highest BCUT2D eigenvalue weighted by Crippen LogP contribution is 2.28. The zero-order valence-corrected chi connectivity index (χ0v) is 16.5. The number of carbonyl (C=O) groups is 1. The van der Waals surface area contributed by atoms with Crippen molar-refractivity contribution in [2.75, 3.05) is 7.05 Å². The van der Waals surface area contributed by atoms with Gasteiger partial charge in [-0.3, -0.25) is 4.79 Å². The molecule has 2 aromatic rings. The Morgan fingerprint density at radius 1 is 1.08 bits per heavy atom. The lowest BCUT2D eigenvalue weighted by molar-refractivity contribution is -0.129. The van der Waals surface area contributed by atoms with Gasteiger partial charge in [-0.25, -0.2) is 4.42 Å². The van der Waals surface area contributed by atoms with Crippen LogP contribution in [0.3, 0.4) is 0 Å². The molecular weight excluding hydrogens is 379 g/mol. The number of carbonyl (C=O) groups excluding carboxylic acids is 1. The summed E-state index contributed by atoms with van der Waals surface area (Å²) in [6.07, 6.45) is 1.68. The summed E-state index contributed by atoms with van der Waals surface area (Å²) >= 11 is 18.2. The largest absolute Gasteiger partial charge is 0.309 e. The van der Waals surface area contributed by atoms with Crippen molar-refractivity contribution < 1.29 is 4.79 Å². The Morgan fingerprint density at radius 2 is 1.72 bits per heavy atom. The topological polar surface area (TPSA) is 32.3 Å². The molecule has 0 radical (unpaired) electrons. The lowest BCUT2D eigenvalue weighted by atomic mass is 10.0. The number of hydrogen-bond donors (Lipinski definition) is 1. The molecule has 0 aliphatic carbocycles. The minimum absolute atomic E-state index is 0.112. The molecule has 0 spiro atoms. The average molecular weight is 400 g/mol. The van der Waals surface area contributed by atoms with Gasteiger partial charge in [0, 0.05) is 11.8 Å². The first-order valence-electron chi connectivity index (χ1n) is 8.15. The van der Waals surface area contributed by atoms with Gasteiger partial charge in [0.05, 0.1) is 22.6 Å². The molecule has 2 aromatic carbocycles. The van der Waals surface area contributed by atoms with E-state index in [1.54, 1.807) is 13.1 Å². The third kappa shape index (κ3) is 5.35. The Labute approximate surface area is 164 Å². The van der Waals surface area contributed by atoms with Crippen molar-refractivity contribution in [3.8, 4) is 11.1 Å². The number of nitrogens with one attached hydrogen (secondary N) is 1. The molecule has 3 nitrogen and oxygen atoms in total. The zero-order chi connectivity index (χ0) is 18.4. The maximum Gasteiger partial charge on any atom is 0.254 e. The van der Waals surface area contributed by atoms with Crippen LogP contribution in [-0.4, -0.2) is 23.4 Å². The Kier molecular flexibility index (Phi) is 7.57. The highest BCUT2D eigenvalue weighted by Gasteiger charge is 2.21. The van der Waals surface area contributed by atoms with Crippen LogP contribution < -0.4 is 5.32 Å². The maximum absolute atomic E-state index is 12.3. The van der Waals surface area contributed by atoms with Gasteiger partial charge in [0.2, 0.25) is 0 Å². The highest BCUT2D eigenvalue weighted by atomic mass is 35.5. The summed E-state index contributed by atoms with van der Waals surface area (Å²) in [4.78, 5) is 12.3. The predicted molar refractivity (Wildman–Crippen MR) is 106 cm³/mol. The van der Waals surface area contributed by atoms with E-state index < -0.39 is 0 Å². The quantitative estimate of drug-likeness (QED) is 0.621. The van der Waals surface area contributed by atoms with Gasteiger partial charge in [0.15, 0.2) is 0 Å². The molecule has 1 atom stereocenters. The molecule has 6 heteroatoms. The molecule has 0 saturated heterocycles. The Morgan fingerprint density at radius 3 is 2.28 bits per heavy atom. The molecule has 0 heterocycles. The van der Waals surface area contributed by atoms with Crippen molar-refractivity contribution in [1.29, 1.82) is 0 Å². The molecule has 2 rings (SSSR count). The van der Waals surface area contributed by atoms with Crippen LogP contribution in [0.15, 0.2) is 42.5 Å². The van der Waals surface area contributed by atoms with Crippen LogP contribution in [0.4, 0.5) is 0 Å². The lowest BCUT2D eigenvalue weighted by Crippen LogP contribution is -2.41. The fourth-order valence-corrected chi connectivity index (χ4v) is 3.12. The monoisotopic (exact) mass is 398 g/mol. The summed E-state index contributed by atoms with van der Waals surface area (Å²) in [7, 11) is 1.77. The van der Waals surface area contributed by atoms with Crippen molar-refractivity contribution in [2.45, 2.75) is 32.4 Å². The van der Waals surface area contributed by atoms with Crippen molar-refractivity contribution in [1.82, 2.24) is 9.74 Å². The van der Waals surface area contributed by atoms with Gasteiger partial charge in [-0.2, -0.15) is 0 Å². The summed E-state index contributed by atoms with van der Waals surface area (Å²) < 4.78 is 1.24. The summed E-state index contributed by atoms with van der Waals surface area (Å²) in [5, 5.41) is 4.07. The van der Waals surface area contributed by atoms with Gasteiger partial charge in [0.1, 0.15) is 0 Å². The standard InChI is InChI=1S/C19H21Cl3N2O/c1-3-4-18(23-2)19(25)24(22)12-13-5-7-14(8-6-13)15-9-10-16(20)17(21)11-15/h5-11,18,23H,3-4,12H2,1-2H3/t18-/m0/s1. The minimum atomic E-state index is -0.252. The average Bonchev–Trinajstić information content (AvgIpc) is 2.62. The summed E-state index contributed by atoms with van der Waals surface area (Å²) in [6.45, 7) is 2.39. The number of hydrogen-bond acceptors (Lipinski definition) is 2. The van der Waals surface area contributed by atoms with Crippen molar-refractivity contribution >= 4 is 40.9 Å². The SMILES string of the molecule is CCC[C@H](NC)C(=O)N(Cl)Cc1ccc(-c2ccc(Cl)c(Cl)c2)cc1. The van der Waals surface area contributed by atoms with E-state index in [0.29, 0.717) is 16.6 Å². The normalized spacial score (nSPS) is 12.0. The number of benzene rings is 2. The van der Waals surface area contributed by atoms with Crippen LogP contribution in [0, 0.1) is 0 Å². The molecule has 0 saturated carbocycles. The predicted octanol–water partition coefficient (Wildman–Crippen LogP) is 5.53. The molecule has 0 aliphatic heterocycles. The van der Waals surface area contributed by atoms with Crippen LogP contribution in [0.1, 0.15) is 25.3 Å². The molecule has 0 bridgehead atoms. The first kappa shape index (κ1) is 20.1. The molecule has 1 N–H and O–H groups in total. The molecule has 0 unspecified atom stereocenters. The Hall–Kier alpha value is -1.26. The fraction of sp³-hybridized carbons (Fsp3) is 0.316. The first-order valence-corrected chi connectivity index (χ1v) is 9.24. The fourth-order valence-electron chi connectivity index (χ4n) is 2.57. The zero-order valence-electron chi connectivity index (χ0n) is 14.2. The van der Waals surface area contributed by atoms with Gasteiger partial charge in [-0.1, -0.05) is 66.9 Å². The number of likely N-dealkylation sites (N-methyl/N-ethyl adjacent to an activating group) is 1. The maximum atomic E-state index is 12.3. The minimum Gasteiger partial charge on any atom is -0.309 e. The Balaban J connectivity index is 2.06. The van der Waals surface area contributed by atoms with Crippen LogP contribution in [0.2, 0.25) is 10.0 Å². The van der Waals surface area contributed by atoms with E-state index in [0.717, 1.165) is 29.5 Å². The van der Waals surface area contributed by atoms with Crippen molar-refractivity contribution in [3.05, 3.63) is 58.1 Å². The number of rotatable bonds is 7. The van der Waals surface area contributed by atoms with Crippen molar-refractivity contribution in [2.24, 2.45) is 0 Å². The van der Waals surface area contributed by atoms with E-state index in [2.05, 4.69) is 5.32 Å². The summed E-state index contributed by atoms with van der Waals surface area (Å²) in [5.74, 6) is -0.112. The highest BCUT2D eigenvalue weighted by molar-refractivity contribution is 6.42. The molecule has 0 aromatic heterocycles. The van der Waals surface area contributed by atoms with Gasteiger partial charge in [-0.15, -0.1) is 0 Å². The molecule has 25 heavy (non-hydrogen) atoms. The van der Waals surface area contributed by atoms with Gasteiger partial charge in [-0.05, 0) is 42.3 Å². The number of amides is 1. The number of nitrogens with zero attached hydrogens (tertiary/aromatic N) is 1. The second-order valence-corrected chi connectivity index (χ2v) is 7.04. The summed E-state index contributed by atoms with van der Waals surface area (Å²) in [5.41, 5.74) is 2.96. The van der Waals surface area contributed by atoms with Crippen LogP contribution in [0.25, 0.3) is 11.1 Å². The van der Waals surface area contributed by atoms with E-state index in [1.165, 1.54) is 4.42 Å². The molecule has 0 fully saturated rings. The first-order chi connectivity index (χ1) is 12.0. The summed E-state index contributed by atoms with van der Waals surface area (Å²) in [6, 6.07) is 13.1. The van der Waals surface area contributed by atoms with E-state index >= 15 is 0 Å². The third-order valence-electron chi connectivity index (χ3n) is 3.99. The van der Waals surface area contributed by atoms with Crippen LogP contribution in [0.5, 0.6) is 0 Å². The van der Waals surface area contributed by atoms with E-state index in [4.69, 9.17) is 35.0 Å². The molecule has 1 amide bonds. The smallest absolute Gasteiger partial charge is 0.254 e. The van der Waals surface area contributed by atoms with Crippen molar-refractivity contribution in [3.63, 3.8) is 0 Å². The molecule has 0 aliphatic rings.